The molecule has 7 rings (SSSR count). The second-order valence-corrected chi connectivity index (χ2v) is 12.6. The van der Waals surface area contributed by atoms with Gasteiger partial charge >= 0.3 is 0 Å². The van der Waals surface area contributed by atoms with Crippen molar-refractivity contribution in [2.45, 2.75) is 53.4 Å². The molecular weight excluding hydrogens is 743 g/mol. The van der Waals surface area contributed by atoms with Crippen LogP contribution in [0.1, 0.15) is 54.3 Å². The van der Waals surface area contributed by atoms with Crippen molar-refractivity contribution in [3.8, 4) is 22.5 Å². The third-order valence-corrected chi connectivity index (χ3v) is 8.08. The molecule has 0 aliphatic carbocycles. The second-order valence-electron chi connectivity index (χ2n) is 12.6. The maximum atomic E-state index is 6.26. The monoisotopic (exact) mass is 780 g/mol. The van der Waals surface area contributed by atoms with Crippen LogP contribution in [-0.2, 0) is 31.9 Å². The summed E-state index contributed by atoms with van der Waals surface area (Å²) in [6.45, 7) is 12.9. The first-order valence-corrected chi connectivity index (χ1v) is 15.3. The molecule has 0 atom stereocenters. The normalized spacial score (nSPS) is 11.2. The number of aromatic nitrogens is 3. The van der Waals surface area contributed by atoms with Crippen LogP contribution in [0, 0.1) is 32.9 Å². The number of furan rings is 1. The van der Waals surface area contributed by atoms with Gasteiger partial charge in [0.15, 0.2) is 0 Å². The molecule has 0 N–H and O–H groups in total. The fourth-order valence-electron chi connectivity index (χ4n) is 5.22. The molecule has 233 valence electrons. The molecule has 0 saturated carbocycles. The van der Waals surface area contributed by atoms with E-state index in [0.717, 1.165) is 51.0 Å². The average Bonchev–Trinajstić information content (AvgIpc) is 3.41. The van der Waals surface area contributed by atoms with Gasteiger partial charge in [0, 0.05) is 50.0 Å². The molecule has 0 unspecified atom stereocenters. The molecule has 4 heterocycles. The number of pyridine rings is 3. The number of rotatable bonds is 4. The van der Waals surface area contributed by atoms with Crippen molar-refractivity contribution >= 4 is 22.1 Å². The van der Waals surface area contributed by atoms with Crippen LogP contribution in [0.25, 0.3) is 44.6 Å². The molecule has 0 bridgehead atoms. The summed E-state index contributed by atoms with van der Waals surface area (Å²) < 4.78 is 6.26. The van der Waals surface area contributed by atoms with E-state index in [-0.39, 0.29) is 25.5 Å². The molecule has 0 amide bonds. The smallest absolute Gasteiger partial charge is 0.216 e. The Balaban J connectivity index is 0.000000220. The van der Waals surface area contributed by atoms with Crippen LogP contribution >= 0.6 is 0 Å². The maximum Gasteiger partial charge on any atom is 0.216 e. The van der Waals surface area contributed by atoms with Crippen molar-refractivity contribution in [3.05, 3.63) is 149 Å². The Kier molecular flexibility index (Phi) is 9.96. The number of hydrogen-bond acceptors (Lipinski definition) is 4. The zero-order chi connectivity index (χ0) is 31.6. The fourth-order valence-corrected chi connectivity index (χ4v) is 5.22. The average molecular weight is 780 g/mol. The van der Waals surface area contributed by atoms with E-state index in [1.807, 2.05) is 36.7 Å². The summed E-state index contributed by atoms with van der Waals surface area (Å²) in [6, 6.07) is 37.6. The SMILES string of the molecule is CC(C)(C)c1ccnc(-c2[c-]ccc3c2oc2nc(Cc4ccccc4)ccc23)c1.Cc1c[c-]c(-c2cc(C)c(C)cn2)cc1.[Ir]. The molecule has 5 heteroatoms. The molecule has 0 saturated heterocycles. The Labute approximate surface area is 285 Å². The summed E-state index contributed by atoms with van der Waals surface area (Å²) >= 11 is 0. The van der Waals surface area contributed by atoms with Gasteiger partial charge in [0.25, 0.3) is 0 Å². The van der Waals surface area contributed by atoms with Crippen LogP contribution in [-0.4, -0.2) is 15.0 Å². The number of benzene rings is 3. The van der Waals surface area contributed by atoms with Crippen molar-refractivity contribution in [3.63, 3.8) is 0 Å². The number of fused-ring (bicyclic) bond motifs is 3. The molecule has 0 fully saturated rings. The van der Waals surface area contributed by atoms with E-state index in [1.165, 1.54) is 27.8 Å². The first-order valence-electron chi connectivity index (χ1n) is 15.3. The molecular formula is C41H37IrN3O-2. The van der Waals surface area contributed by atoms with Crippen molar-refractivity contribution in [1.29, 1.82) is 0 Å². The predicted molar refractivity (Wildman–Crippen MR) is 184 cm³/mol. The summed E-state index contributed by atoms with van der Waals surface area (Å²) in [5.74, 6) is 0. The van der Waals surface area contributed by atoms with Crippen LogP contribution in [0.3, 0.4) is 0 Å². The fraction of sp³-hybridized carbons (Fsp3) is 0.195. The minimum absolute atomic E-state index is 0. The van der Waals surface area contributed by atoms with Crippen molar-refractivity contribution in [2.24, 2.45) is 0 Å². The Hall–Kier alpha value is -4.44. The Morgan fingerprint density at radius 1 is 0.761 bits per heavy atom. The zero-order valence-electron chi connectivity index (χ0n) is 27.1. The quantitative estimate of drug-likeness (QED) is 0.167. The predicted octanol–water partition coefficient (Wildman–Crippen LogP) is 10.2. The summed E-state index contributed by atoms with van der Waals surface area (Å²) in [6.07, 6.45) is 4.56. The van der Waals surface area contributed by atoms with Gasteiger partial charge in [-0.2, -0.15) is 0 Å². The molecule has 46 heavy (non-hydrogen) atoms. The molecule has 1 radical (unpaired) electrons. The third-order valence-electron chi connectivity index (χ3n) is 8.08. The molecule has 7 aromatic rings. The van der Waals surface area contributed by atoms with Crippen LogP contribution in [0.4, 0.5) is 0 Å². The van der Waals surface area contributed by atoms with Gasteiger partial charge in [0.1, 0.15) is 0 Å². The minimum Gasteiger partial charge on any atom is -0.486 e. The van der Waals surface area contributed by atoms with E-state index in [2.05, 4.69) is 130 Å². The van der Waals surface area contributed by atoms with Gasteiger partial charge in [0.2, 0.25) is 5.71 Å². The Morgan fingerprint density at radius 3 is 2.28 bits per heavy atom. The van der Waals surface area contributed by atoms with E-state index in [0.29, 0.717) is 5.71 Å². The minimum atomic E-state index is 0. The maximum absolute atomic E-state index is 6.26. The summed E-state index contributed by atoms with van der Waals surface area (Å²) in [4.78, 5) is 13.8. The van der Waals surface area contributed by atoms with E-state index >= 15 is 0 Å². The molecule has 0 spiro atoms. The van der Waals surface area contributed by atoms with Crippen LogP contribution in [0.15, 0.2) is 108 Å². The van der Waals surface area contributed by atoms with Crippen molar-refractivity contribution < 1.29 is 24.5 Å². The van der Waals surface area contributed by atoms with E-state index in [1.54, 1.807) is 0 Å². The van der Waals surface area contributed by atoms with Gasteiger partial charge < -0.3 is 14.4 Å². The van der Waals surface area contributed by atoms with E-state index in [9.17, 15) is 0 Å². The van der Waals surface area contributed by atoms with Gasteiger partial charge in [-0.25, -0.2) is 4.98 Å². The number of nitrogens with zero attached hydrogens (tertiary/aromatic N) is 3. The Bertz CT molecular complexity index is 2090. The van der Waals surface area contributed by atoms with Crippen LogP contribution in [0.2, 0.25) is 0 Å². The zero-order valence-corrected chi connectivity index (χ0v) is 29.5. The Morgan fingerprint density at radius 2 is 1.57 bits per heavy atom. The molecule has 3 aromatic carbocycles. The van der Waals surface area contributed by atoms with Gasteiger partial charge in [-0.3, -0.25) is 0 Å². The first kappa shape index (κ1) is 32.9. The summed E-state index contributed by atoms with van der Waals surface area (Å²) in [5.41, 5.74) is 12.5. The second kappa shape index (κ2) is 13.9. The van der Waals surface area contributed by atoms with Crippen molar-refractivity contribution in [2.75, 3.05) is 0 Å². The van der Waals surface area contributed by atoms with Gasteiger partial charge in [-0.1, -0.05) is 86.7 Å². The largest absolute Gasteiger partial charge is 0.486 e. The van der Waals surface area contributed by atoms with Gasteiger partial charge in [-0.15, -0.1) is 53.6 Å². The molecule has 4 nitrogen and oxygen atoms in total. The van der Waals surface area contributed by atoms with Crippen molar-refractivity contribution in [1.82, 2.24) is 15.0 Å². The molecule has 4 aromatic heterocycles. The van der Waals surface area contributed by atoms with E-state index in [4.69, 9.17) is 9.40 Å². The first-order chi connectivity index (χ1) is 21.7. The third kappa shape index (κ3) is 7.33. The van der Waals surface area contributed by atoms with Crippen LogP contribution in [0.5, 0.6) is 0 Å². The topological polar surface area (TPSA) is 51.8 Å². The molecule has 0 aliphatic rings. The summed E-state index contributed by atoms with van der Waals surface area (Å²) in [7, 11) is 0. The van der Waals surface area contributed by atoms with Gasteiger partial charge in [0.05, 0.1) is 5.58 Å². The number of aryl methyl sites for hydroxylation is 3. The standard InChI is InChI=1S/C27H23N2O.C14H14N.Ir/c1-27(2,3)19-14-15-28-24(17-19)23-11-7-10-21-22-13-12-20(29-26(22)30-25(21)23)16-18-8-5-4-6-9-18;1-10-4-6-13(7-5-10)14-8-11(2)12(3)9-15-14;/h4-10,12-15,17H,16H2,1-3H3;4-6,8-9H,1-3H3;/q2*-1;. The summed E-state index contributed by atoms with van der Waals surface area (Å²) in [5, 5.41) is 2.06. The van der Waals surface area contributed by atoms with Crippen LogP contribution < -0.4 is 0 Å². The van der Waals surface area contributed by atoms with E-state index < -0.39 is 0 Å². The number of hydrogen-bond donors (Lipinski definition) is 0. The molecule has 0 aliphatic heterocycles. The van der Waals surface area contributed by atoms with Gasteiger partial charge in [-0.05, 0) is 65.5 Å².